The Morgan fingerprint density at radius 1 is 0.900 bits per heavy atom. The van der Waals surface area contributed by atoms with Crippen LogP contribution in [-0.4, -0.2) is 19.9 Å². The highest BCUT2D eigenvalue weighted by Gasteiger charge is 2.26. The number of benzene rings is 1. The molecule has 0 saturated heterocycles. The first-order valence-corrected chi connectivity index (χ1v) is 6.60. The van der Waals surface area contributed by atoms with Gasteiger partial charge >= 0.3 is 0 Å². The van der Waals surface area contributed by atoms with Gasteiger partial charge in [-0.15, -0.1) is 0 Å². The molecule has 0 radical (unpaired) electrons. The highest BCUT2D eigenvalue weighted by atomic mass is 16.5. The summed E-state index contributed by atoms with van der Waals surface area (Å²) in [5, 5.41) is 0. The number of fused-ring (bicyclic) bond motifs is 1. The zero-order valence-electron chi connectivity index (χ0n) is 10.7. The predicted molar refractivity (Wildman–Crippen MR) is 73.6 cm³/mol. The van der Waals surface area contributed by atoms with E-state index < -0.39 is 0 Å². The molecule has 3 aromatic rings. The first kappa shape index (κ1) is 11.3. The van der Waals surface area contributed by atoms with Crippen molar-refractivity contribution in [1.29, 1.82) is 0 Å². The lowest BCUT2D eigenvalue weighted by Gasteiger charge is -2.06. The van der Waals surface area contributed by atoms with Crippen molar-refractivity contribution in [2.45, 2.75) is 18.8 Å². The van der Waals surface area contributed by atoms with Crippen molar-refractivity contribution >= 4 is 11.0 Å². The van der Waals surface area contributed by atoms with Gasteiger partial charge in [0.1, 0.15) is 11.6 Å². The number of ether oxygens (including phenoxy) is 1. The number of aromatic nitrogens is 4. The maximum atomic E-state index is 5.79. The van der Waals surface area contributed by atoms with Gasteiger partial charge in [-0.2, -0.15) is 4.98 Å². The predicted octanol–water partition coefficient (Wildman–Crippen LogP) is 3.09. The van der Waals surface area contributed by atoms with Crippen molar-refractivity contribution in [3.8, 4) is 11.6 Å². The van der Waals surface area contributed by atoms with E-state index in [1.165, 1.54) is 12.8 Å². The van der Waals surface area contributed by atoms with Crippen LogP contribution in [0.3, 0.4) is 0 Å². The molecule has 2 heterocycles. The second-order valence-electron chi connectivity index (χ2n) is 4.84. The molecule has 0 amide bonds. The monoisotopic (exact) mass is 264 g/mol. The number of hydrogen-bond donors (Lipinski definition) is 0. The Kier molecular flexibility index (Phi) is 2.55. The van der Waals surface area contributed by atoms with Crippen molar-refractivity contribution in [2.24, 2.45) is 0 Å². The third kappa shape index (κ3) is 2.18. The Balaban J connectivity index is 1.64. The quantitative estimate of drug-likeness (QED) is 0.727. The van der Waals surface area contributed by atoms with E-state index in [2.05, 4.69) is 19.9 Å². The molecule has 1 aliphatic carbocycles. The van der Waals surface area contributed by atoms with Crippen molar-refractivity contribution in [3.05, 3.63) is 48.7 Å². The van der Waals surface area contributed by atoms with E-state index in [4.69, 9.17) is 4.74 Å². The number of hydrogen-bond acceptors (Lipinski definition) is 5. The van der Waals surface area contributed by atoms with Gasteiger partial charge in [0.25, 0.3) is 0 Å². The fourth-order valence-electron chi connectivity index (χ4n) is 2.08. The molecule has 98 valence electrons. The summed E-state index contributed by atoms with van der Waals surface area (Å²) < 4.78 is 5.79. The summed E-state index contributed by atoms with van der Waals surface area (Å²) in [5.41, 5.74) is 1.66. The van der Waals surface area contributed by atoms with Crippen LogP contribution in [0.1, 0.15) is 24.6 Å². The SMILES string of the molecule is c1cc(Oc2ccc3nccnc3c2)nc(C2CC2)n1. The smallest absolute Gasteiger partial charge is 0.222 e. The fraction of sp³-hybridized carbons (Fsp3) is 0.200. The first-order chi connectivity index (χ1) is 9.88. The summed E-state index contributed by atoms with van der Waals surface area (Å²) in [7, 11) is 0. The fourth-order valence-corrected chi connectivity index (χ4v) is 2.08. The molecule has 1 fully saturated rings. The molecule has 0 bridgehead atoms. The zero-order chi connectivity index (χ0) is 13.4. The normalized spacial score (nSPS) is 14.4. The van der Waals surface area contributed by atoms with E-state index in [-0.39, 0.29) is 0 Å². The van der Waals surface area contributed by atoms with Crippen LogP contribution in [0.4, 0.5) is 0 Å². The van der Waals surface area contributed by atoms with Gasteiger partial charge in [0.05, 0.1) is 11.0 Å². The second kappa shape index (κ2) is 4.52. The molecule has 2 aromatic heterocycles. The second-order valence-corrected chi connectivity index (χ2v) is 4.84. The number of rotatable bonds is 3. The van der Waals surface area contributed by atoms with E-state index in [0.717, 1.165) is 16.9 Å². The average Bonchev–Trinajstić information content (AvgIpc) is 3.32. The van der Waals surface area contributed by atoms with Crippen molar-refractivity contribution in [3.63, 3.8) is 0 Å². The topological polar surface area (TPSA) is 60.8 Å². The lowest BCUT2D eigenvalue weighted by molar-refractivity contribution is 0.459. The first-order valence-electron chi connectivity index (χ1n) is 6.60. The largest absolute Gasteiger partial charge is 0.439 e. The van der Waals surface area contributed by atoms with E-state index in [0.29, 0.717) is 17.5 Å². The molecule has 1 aliphatic rings. The van der Waals surface area contributed by atoms with Crippen LogP contribution >= 0.6 is 0 Å². The minimum atomic E-state index is 0.515. The maximum Gasteiger partial charge on any atom is 0.222 e. The van der Waals surface area contributed by atoms with Crippen LogP contribution in [0.25, 0.3) is 11.0 Å². The summed E-state index contributed by atoms with van der Waals surface area (Å²) in [5.74, 6) is 2.67. The lowest BCUT2D eigenvalue weighted by atomic mass is 10.3. The van der Waals surface area contributed by atoms with Gasteiger partial charge in [-0.1, -0.05) is 0 Å². The summed E-state index contributed by atoms with van der Waals surface area (Å²) in [4.78, 5) is 17.2. The minimum Gasteiger partial charge on any atom is -0.439 e. The van der Waals surface area contributed by atoms with Crippen LogP contribution in [0.5, 0.6) is 11.6 Å². The molecule has 5 nitrogen and oxygen atoms in total. The van der Waals surface area contributed by atoms with E-state index in [1.807, 2.05) is 18.2 Å². The number of nitrogens with zero attached hydrogens (tertiary/aromatic N) is 4. The lowest BCUT2D eigenvalue weighted by Crippen LogP contribution is -1.95. The van der Waals surface area contributed by atoms with Crippen LogP contribution in [0.15, 0.2) is 42.9 Å². The molecule has 4 rings (SSSR count). The van der Waals surface area contributed by atoms with Gasteiger partial charge in [0.15, 0.2) is 0 Å². The Morgan fingerprint density at radius 3 is 2.60 bits per heavy atom. The molecule has 20 heavy (non-hydrogen) atoms. The molecule has 0 unspecified atom stereocenters. The molecule has 0 spiro atoms. The average molecular weight is 264 g/mol. The minimum absolute atomic E-state index is 0.515. The van der Waals surface area contributed by atoms with Crippen LogP contribution in [0.2, 0.25) is 0 Å². The molecule has 5 heteroatoms. The van der Waals surface area contributed by atoms with E-state index in [9.17, 15) is 0 Å². The third-order valence-corrected chi connectivity index (χ3v) is 3.25. The molecule has 1 saturated carbocycles. The Morgan fingerprint density at radius 2 is 1.75 bits per heavy atom. The summed E-state index contributed by atoms with van der Waals surface area (Å²) in [6.07, 6.45) is 7.44. The molecule has 0 N–H and O–H groups in total. The van der Waals surface area contributed by atoms with Gasteiger partial charge in [0.2, 0.25) is 5.88 Å². The highest BCUT2D eigenvalue weighted by molar-refractivity contribution is 5.75. The summed E-state index contributed by atoms with van der Waals surface area (Å²) in [6, 6.07) is 7.39. The van der Waals surface area contributed by atoms with Crippen molar-refractivity contribution in [2.75, 3.05) is 0 Å². The Bertz CT molecular complexity index is 770. The Labute approximate surface area is 115 Å². The van der Waals surface area contributed by atoms with E-state index in [1.54, 1.807) is 24.7 Å². The van der Waals surface area contributed by atoms with Gasteiger partial charge in [-0.3, -0.25) is 9.97 Å². The molecule has 0 atom stereocenters. The third-order valence-electron chi connectivity index (χ3n) is 3.25. The van der Waals surface area contributed by atoms with E-state index >= 15 is 0 Å². The van der Waals surface area contributed by atoms with Crippen molar-refractivity contribution in [1.82, 2.24) is 19.9 Å². The molecular weight excluding hydrogens is 252 g/mol. The Hall–Kier alpha value is -2.56. The van der Waals surface area contributed by atoms with Gasteiger partial charge in [-0.25, -0.2) is 4.98 Å². The maximum absolute atomic E-state index is 5.79. The summed E-state index contributed by atoms with van der Waals surface area (Å²) >= 11 is 0. The van der Waals surface area contributed by atoms with Gasteiger partial charge in [-0.05, 0) is 25.0 Å². The molecule has 1 aromatic carbocycles. The molecule has 0 aliphatic heterocycles. The van der Waals surface area contributed by atoms with Crippen LogP contribution < -0.4 is 4.74 Å². The highest BCUT2D eigenvalue weighted by Crippen LogP contribution is 2.38. The van der Waals surface area contributed by atoms with Crippen molar-refractivity contribution < 1.29 is 4.74 Å². The zero-order valence-corrected chi connectivity index (χ0v) is 10.7. The standard InChI is InChI=1S/C15H12N4O/c1-2-10(1)15-18-6-5-14(19-15)20-11-3-4-12-13(9-11)17-8-7-16-12/h3-10H,1-2H2. The summed E-state index contributed by atoms with van der Waals surface area (Å²) in [6.45, 7) is 0. The van der Waals surface area contributed by atoms with Crippen LogP contribution in [-0.2, 0) is 0 Å². The molecular formula is C15H12N4O. The van der Waals surface area contributed by atoms with Crippen LogP contribution in [0, 0.1) is 0 Å². The van der Waals surface area contributed by atoms with Gasteiger partial charge < -0.3 is 4.74 Å². The van der Waals surface area contributed by atoms with Gasteiger partial charge in [0, 0.05) is 36.6 Å².